The van der Waals surface area contributed by atoms with Crippen molar-refractivity contribution in [3.8, 4) is 0 Å². The molecule has 2 N–H and O–H groups in total. The average Bonchev–Trinajstić information content (AvgIpc) is 2.35. The van der Waals surface area contributed by atoms with Gasteiger partial charge in [-0.2, -0.15) is 0 Å². The van der Waals surface area contributed by atoms with Crippen LogP contribution in [0.15, 0.2) is 0 Å². The summed E-state index contributed by atoms with van der Waals surface area (Å²) < 4.78 is 0. The molecule has 0 aromatic carbocycles. The molecule has 1 aliphatic heterocycles. The molecule has 0 spiro atoms. The van der Waals surface area contributed by atoms with E-state index in [1.807, 2.05) is 0 Å². The van der Waals surface area contributed by atoms with Crippen molar-refractivity contribution < 1.29 is 0 Å². The maximum Gasteiger partial charge on any atom is 0.0195 e. The molecule has 0 saturated carbocycles. The highest BCUT2D eigenvalue weighted by atomic mass is 15.0. The van der Waals surface area contributed by atoms with Gasteiger partial charge < -0.3 is 10.6 Å². The van der Waals surface area contributed by atoms with E-state index in [4.69, 9.17) is 0 Å². The molecule has 2 atom stereocenters. The van der Waals surface area contributed by atoms with Crippen LogP contribution in [0.5, 0.6) is 0 Å². The van der Waals surface area contributed by atoms with Crippen molar-refractivity contribution in [3.63, 3.8) is 0 Å². The van der Waals surface area contributed by atoms with Gasteiger partial charge in [0.1, 0.15) is 0 Å². The molecular weight excluding hydrogens is 148 g/mol. The van der Waals surface area contributed by atoms with Gasteiger partial charge in [0.2, 0.25) is 0 Å². The van der Waals surface area contributed by atoms with Gasteiger partial charge in [-0.25, -0.2) is 0 Å². The molecule has 1 heterocycles. The fourth-order valence-electron chi connectivity index (χ4n) is 1.72. The maximum atomic E-state index is 3.52. The van der Waals surface area contributed by atoms with Crippen LogP contribution < -0.4 is 10.6 Å². The molecule has 1 rings (SSSR count). The molecule has 0 aromatic rings. The Hall–Kier alpha value is -0.0800. The summed E-state index contributed by atoms with van der Waals surface area (Å²) in [6.07, 6.45) is 1.34. The summed E-state index contributed by atoms with van der Waals surface area (Å²) in [6.45, 7) is 10.3. The fraction of sp³-hybridized carbons (Fsp3) is 1.00. The highest BCUT2D eigenvalue weighted by molar-refractivity contribution is 4.80. The fourth-order valence-corrected chi connectivity index (χ4v) is 1.72. The smallest absolute Gasteiger partial charge is 0.0195 e. The molecule has 12 heavy (non-hydrogen) atoms. The summed E-state index contributed by atoms with van der Waals surface area (Å²) >= 11 is 0. The van der Waals surface area contributed by atoms with Crippen molar-refractivity contribution in [2.24, 2.45) is 11.8 Å². The van der Waals surface area contributed by atoms with Crippen LogP contribution in [0.1, 0.15) is 27.2 Å². The normalized spacial score (nSPS) is 30.0. The largest absolute Gasteiger partial charge is 0.315 e. The van der Waals surface area contributed by atoms with E-state index in [1.165, 1.54) is 13.0 Å². The van der Waals surface area contributed by atoms with E-state index < -0.39 is 0 Å². The Morgan fingerprint density at radius 2 is 2.25 bits per heavy atom. The van der Waals surface area contributed by atoms with Crippen LogP contribution in [0, 0.1) is 11.8 Å². The van der Waals surface area contributed by atoms with Crippen molar-refractivity contribution in [2.75, 3.05) is 19.6 Å². The molecule has 0 bridgehead atoms. The Balaban J connectivity index is 2.00. The van der Waals surface area contributed by atoms with Crippen LogP contribution in [-0.2, 0) is 0 Å². The van der Waals surface area contributed by atoms with Crippen molar-refractivity contribution in [3.05, 3.63) is 0 Å². The molecule has 0 radical (unpaired) electrons. The number of hydrogen-bond acceptors (Lipinski definition) is 2. The Kier molecular flexibility index (Phi) is 4.02. The van der Waals surface area contributed by atoms with E-state index in [0.29, 0.717) is 0 Å². The second-order valence-electron chi connectivity index (χ2n) is 4.50. The van der Waals surface area contributed by atoms with Gasteiger partial charge in [-0.3, -0.25) is 0 Å². The zero-order valence-corrected chi connectivity index (χ0v) is 8.56. The van der Waals surface area contributed by atoms with Gasteiger partial charge in [0, 0.05) is 12.6 Å². The topological polar surface area (TPSA) is 24.1 Å². The van der Waals surface area contributed by atoms with Gasteiger partial charge in [-0.05, 0) is 31.3 Å². The van der Waals surface area contributed by atoms with Gasteiger partial charge in [0.15, 0.2) is 0 Å². The van der Waals surface area contributed by atoms with Gasteiger partial charge in [0.05, 0.1) is 0 Å². The summed E-state index contributed by atoms with van der Waals surface area (Å²) in [6, 6.07) is 0.721. The Bertz CT molecular complexity index is 123. The van der Waals surface area contributed by atoms with E-state index in [-0.39, 0.29) is 0 Å². The minimum Gasteiger partial charge on any atom is -0.315 e. The third kappa shape index (κ3) is 3.55. The Morgan fingerprint density at radius 1 is 1.50 bits per heavy atom. The number of rotatable bonds is 4. The number of nitrogens with one attached hydrogen (secondary N) is 2. The predicted octanol–water partition coefficient (Wildman–Crippen LogP) is 1.23. The Morgan fingerprint density at radius 3 is 2.75 bits per heavy atom. The van der Waals surface area contributed by atoms with E-state index >= 15 is 0 Å². The van der Waals surface area contributed by atoms with Crippen LogP contribution in [0.4, 0.5) is 0 Å². The van der Waals surface area contributed by atoms with Crippen LogP contribution in [-0.4, -0.2) is 25.7 Å². The average molecular weight is 170 g/mol. The van der Waals surface area contributed by atoms with E-state index in [2.05, 4.69) is 31.4 Å². The van der Waals surface area contributed by atoms with Gasteiger partial charge in [-0.15, -0.1) is 0 Å². The minimum atomic E-state index is 0.721. The van der Waals surface area contributed by atoms with Crippen LogP contribution >= 0.6 is 0 Å². The summed E-state index contributed by atoms with van der Waals surface area (Å²) in [7, 11) is 0. The van der Waals surface area contributed by atoms with Crippen LogP contribution in [0.2, 0.25) is 0 Å². The highest BCUT2D eigenvalue weighted by Crippen LogP contribution is 2.11. The quantitative estimate of drug-likeness (QED) is 0.663. The van der Waals surface area contributed by atoms with E-state index in [1.54, 1.807) is 0 Å². The van der Waals surface area contributed by atoms with Crippen molar-refractivity contribution in [1.29, 1.82) is 0 Å². The van der Waals surface area contributed by atoms with Gasteiger partial charge >= 0.3 is 0 Å². The zero-order chi connectivity index (χ0) is 8.97. The third-order valence-electron chi connectivity index (χ3n) is 2.39. The van der Waals surface area contributed by atoms with Gasteiger partial charge in [-0.1, -0.05) is 20.8 Å². The lowest BCUT2D eigenvalue weighted by Gasteiger charge is -2.12. The van der Waals surface area contributed by atoms with Crippen LogP contribution in [0.3, 0.4) is 0 Å². The lowest BCUT2D eigenvalue weighted by molar-refractivity contribution is 0.486. The number of hydrogen-bond donors (Lipinski definition) is 2. The summed E-state index contributed by atoms with van der Waals surface area (Å²) in [5.74, 6) is 1.64. The summed E-state index contributed by atoms with van der Waals surface area (Å²) in [5, 5.41) is 7.00. The molecule has 0 aromatic heterocycles. The van der Waals surface area contributed by atoms with E-state index in [0.717, 1.165) is 31.0 Å². The van der Waals surface area contributed by atoms with Crippen molar-refractivity contribution in [1.82, 2.24) is 10.6 Å². The zero-order valence-electron chi connectivity index (χ0n) is 8.56. The molecule has 1 fully saturated rings. The molecule has 2 heteroatoms. The lowest BCUT2D eigenvalue weighted by atomic mass is 10.1. The van der Waals surface area contributed by atoms with E-state index in [9.17, 15) is 0 Å². The first-order valence-electron chi connectivity index (χ1n) is 5.12. The first kappa shape index (κ1) is 10.0. The third-order valence-corrected chi connectivity index (χ3v) is 2.39. The SMILES string of the molecule is CC(C)CNCC1CC(C)CN1. The first-order chi connectivity index (χ1) is 5.68. The molecule has 0 amide bonds. The Labute approximate surface area is 76.1 Å². The molecule has 0 aliphatic carbocycles. The van der Waals surface area contributed by atoms with Crippen molar-refractivity contribution in [2.45, 2.75) is 33.2 Å². The molecule has 72 valence electrons. The standard InChI is InChI=1S/C10H22N2/c1-8(2)5-11-7-10-4-9(3)6-12-10/h8-12H,4-7H2,1-3H3. The van der Waals surface area contributed by atoms with Gasteiger partial charge in [0.25, 0.3) is 0 Å². The first-order valence-corrected chi connectivity index (χ1v) is 5.12. The minimum absolute atomic E-state index is 0.721. The summed E-state index contributed by atoms with van der Waals surface area (Å²) in [4.78, 5) is 0. The summed E-state index contributed by atoms with van der Waals surface area (Å²) in [5.41, 5.74) is 0. The molecule has 1 saturated heterocycles. The predicted molar refractivity (Wildman–Crippen MR) is 53.3 cm³/mol. The van der Waals surface area contributed by atoms with Crippen molar-refractivity contribution >= 4 is 0 Å². The molecule has 1 aliphatic rings. The molecule has 2 unspecified atom stereocenters. The second-order valence-corrected chi connectivity index (χ2v) is 4.50. The lowest BCUT2D eigenvalue weighted by Crippen LogP contribution is -2.35. The second kappa shape index (κ2) is 4.83. The monoisotopic (exact) mass is 170 g/mol. The molecular formula is C10H22N2. The molecule has 2 nitrogen and oxygen atoms in total. The highest BCUT2D eigenvalue weighted by Gasteiger charge is 2.19. The van der Waals surface area contributed by atoms with Crippen LogP contribution in [0.25, 0.3) is 0 Å². The maximum absolute atomic E-state index is 3.52.